The smallest absolute Gasteiger partial charge is 0.407 e. The molecule has 0 unspecified atom stereocenters. The summed E-state index contributed by atoms with van der Waals surface area (Å²) in [7, 11) is 1.75. The zero-order chi connectivity index (χ0) is 20.4. The normalized spacial score (nSPS) is 14.1. The lowest BCUT2D eigenvalue weighted by Crippen LogP contribution is -2.39. The minimum absolute atomic E-state index is 0.386. The van der Waals surface area contributed by atoms with Crippen molar-refractivity contribution in [1.29, 1.82) is 0 Å². The second kappa shape index (κ2) is 10.6. The average Bonchev–Trinajstić information content (AvgIpc) is 3.17. The van der Waals surface area contributed by atoms with E-state index in [1.165, 1.54) is 11.3 Å². The van der Waals surface area contributed by atoms with Crippen LogP contribution in [-0.2, 0) is 11.3 Å². The summed E-state index contributed by atoms with van der Waals surface area (Å²) in [4.78, 5) is 18.2. The molecule has 0 aromatic heterocycles. The maximum Gasteiger partial charge on any atom is 0.407 e. The maximum absolute atomic E-state index is 11.6. The third-order valence-corrected chi connectivity index (χ3v) is 4.09. The second-order valence-corrected chi connectivity index (χ2v) is 7.68. The molecule has 0 fully saturated rings. The predicted molar refractivity (Wildman–Crippen MR) is 115 cm³/mol. The number of nitrogens with zero attached hydrogens (tertiary/aromatic N) is 2. The van der Waals surface area contributed by atoms with Crippen molar-refractivity contribution in [2.45, 2.75) is 39.3 Å². The van der Waals surface area contributed by atoms with Crippen molar-refractivity contribution in [1.82, 2.24) is 16.0 Å². The van der Waals surface area contributed by atoms with Gasteiger partial charge in [-0.3, -0.25) is 4.99 Å². The van der Waals surface area contributed by atoms with Crippen molar-refractivity contribution in [3.63, 3.8) is 0 Å². The number of aliphatic imine (C=N–C) groups is 1. The van der Waals surface area contributed by atoms with Crippen LogP contribution in [0.3, 0.4) is 0 Å². The SMILES string of the molecule is CN=C(NCCCNC(=O)OC(C)(C)C)NCc1cccc(N2CC=CC2)c1. The Morgan fingerprint density at radius 2 is 1.86 bits per heavy atom. The molecule has 2 rings (SSSR count). The predicted octanol–water partition coefficient (Wildman–Crippen LogP) is 2.64. The van der Waals surface area contributed by atoms with E-state index in [4.69, 9.17) is 4.74 Å². The van der Waals surface area contributed by atoms with Gasteiger partial charge in [-0.25, -0.2) is 4.79 Å². The minimum atomic E-state index is -0.475. The molecule has 0 atom stereocenters. The van der Waals surface area contributed by atoms with Crippen LogP contribution in [0, 0.1) is 0 Å². The van der Waals surface area contributed by atoms with Crippen LogP contribution >= 0.6 is 0 Å². The summed E-state index contributed by atoms with van der Waals surface area (Å²) in [5, 5.41) is 9.34. The van der Waals surface area contributed by atoms with E-state index in [2.05, 4.69) is 62.3 Å². The Morgan fingerprint density at radius 1 is 1.14 bits per heavy atom. The van der Waals surface area contributed by atoms with Crippen LogP contribution in [0.15, 0.2) is 41.4 Å². The van der Waals surface area contributed by atoms with E-state index in [0.717, 1.165) is 25.5 Å². The van der Waals surface area contributed by atoms with Gasteiger partial charge in [-0.2, -0.15) is 0 Å². The fraction of sp³-hybridized carbons (Fsp3) is 0.524. The Bertz CT molecular complexity index is 686. The molecule has 7 nitrogen and oxygen atoms in total. The van der Waals surface area contributed by atoms with Crippen molar-refractivity contribution in [3.8, 4) is 0 Å². The number of ether oxygens (including phenoxy) is 1. The Kier molecular flexibility index (Phi) is 8.17. The summed E-state index contributed by atoms with van der Waals surface area (Å²) < 4.78 is 5.21. The molecule has 1 heterocycles. The van der Waals surface area contributed by atoms with Crippen LogP contribution < -0.4 is 20.9 Å². The van der Waals surface area contributed by atoms with Gasteiger partial charge in [-0.05, 0) is 44.9 Å². The highest BCUT2D eigenvalue weighted by Crippen LogP contribution is 2.18. The van der Waals surface area contributed by atoms with Gasteiger partial charge in [0.15, 0.2) is 5.96 Å². The molecule has 28 heavy (non-hydrogen) atoms. The zero-order valence-corrected chi connectivity index (χ0v) is 17.4. The quantitative estimate of drug-likeness (QED) is 0.290. The van der Waals surface area contributed by atoms with Crippen molar-refractivity contribution in [2.24, 2.45) is 4.99 Å². The average molecular weight is 388 g/mol. The van der Waals surface area contributed by atoms with Gasteiger partial charge in [0.05, 0.1) is 0 Å². The summed E-state index contributed by atoms with van der Waals surface area (Å²) in [6.07, 6.45) is 4.77. The van der Waals surface area contributed by atoms with Crippen molar-refractivity contribution in [3.05, 3.63) is 42.0 Å². The molecule has 0 bridgehead atoms. The Balaban J connectivity index is 1.66. The summed E-state index contributed by atoms with van der Waals surface area (Å²) in [5.41, 5.74) is 1.97. The number of guanidine groups is 1. The molecule has 7 heteroatoms. The van der Waals surface area contributed by atoms with Gasteiger partial charge in [0, 0.05) is 45.5 Å². The number of hydrogen-bond donors (Lipinski definition) is 3. The molecule has 0 radical (unpaired) electrons. The molecule has 1 aliphatic heterocycles. The highest BCUT2D eigenvalue weighted by molar-refractivity contribution is 5.79. The van der Waals surface area contributed by atoms with Gasteiger partial charge >= 0.3 is 6.09 Å². The standard InChI is InChI=1S/C21H33N5O2/c1-21(2,3)28-20(27)24-12-8-11-23-19(22-4)25-16-17-9-7-10-18(15-17)26-13-5-6-14-26/h5-7,9-10,15H,8,11-14,16H2,1-4H3,(H,24,27)(H2,22,23,25). The van der Waals surface area contributed by atoms with Gasteiger partial charge in [0.25, 0.3) is 0 Å². The molecular formula is C21H33N5O2. The number of hydrogen-bond acceptors (Lipinski definition) is 4. The summed E-state index contributed by atoms with van der Waals surface area (Å²) >= 11 is 0. The van der Waals surface area contributed by atoms with Gasteiger partial charge in [0.1, 0.15) is 5.60 Å². The summed E-state index contributed by atoms with van der Waals surface area (Å²) in [6, 6.07) is 8.54. The van der Waals surface area contributed by atoms with Crippen LogP contribution in [0.4, 0.5) is 10.5 Å². The number of carbonyl (C=O) groups excluding carboxylic acids is 1. The number of benzene rings is 1. The first-order chi connectivity index (χ1) is 13.4. The molecule has 0 aliphatic carbocycles. The Morgan fingerprint density at radius 3 is 2.54 bits per heavy atom. The topological polar surface area (TPSA) is 78.0 Å². The van der Waals surface area contributed by atoms with E-state index in [9.17, 15) is 4.79 Å². The number of anilines is 1. The van der Waals surface area contributed by atoms with Gasteiger partial charge < -0.3 is 25.6 Å². The third kappa shape index (κ3) is 7.90. The highest BCUT2D eigenvalue weighted by Gasteiger charge is 2.15. The highest BCUT2D eigenvalue weighted by atomic mass is 16.6. The van der Waals surface area contributed by atoms with Crippen molar-refractivity contribution in [2.75, 3.05) is 38.1 Å². The van der Waals surface area contributed by atoms with Crippen molar-refractivity contribution >= 4 is 17.7 Å². The first-order valence-corrected chi connectivity index (χ1v) is 9.77. The second-order valence-electron chi connectivity index (χ2n) is 7.68. The molecular weight excluding hydrogens is 354 g/mol. The first-order valence-electron chi connectivity index (χ1n) is 9.77. The Hall–Kier alpha value is -2.70. The van der Waals surface area contributed by atoms with E-state index in [1.54, 1.807) is 7.05 Å². The molecule has 1 aromatic rings. The Labute approximate surface area is 168 Å². The maximum atomic E-state index is 11.6. The molecule has 3 N–H and O–H groups in total. The molecule has 1 aliphatic rings. The largest absolute Gasteiger partial charge is 0.444 e. The number of carbonyl (C=O) groups is 1. The van der Waals surface area contributed by atoms with Crippen LogP contribution in [-0.4, -0.2) is 50.9 Å². The molecule has 1 aromatic carbocycles. The summed E-state index contributed by atoms with van der Waals surface area (Å²) in [6.45, 7) is 9.43. The number of amides is 1. The summed E-state index contributed by atoms with van der Waals surface area (Å²) in [5.74, 6) is 0.741. The number of nitrogens with one attached hydrogen (secondary N) is 3. The van der Waals surface area contributed by atoms with Crippen LogP contribution in [0.25, 0.3) is 0 Å². The van der Waals surface area contributed by atoms with Gasteiger partial charge in [0.2, 0.25) is 0 Å². The van der Waals surface area contributed by atoms with E-state index >= 15 is 0 Å². The molecule has 0 saturated heterocycles. The van der Waals surface area contributed by atoms with Crippen molar-refractivity contribution < 1.29 is 9.53 Å². The molecule has 1 amide bonds. The minimum Gasteiger partial charge on any atom is -0.444 e. The monoisotopic (exact) mass is 387 g/mol. The van der Waals surface area contributed by atoms with E-state index in [1.807, 2.05) is 20.8 Å². The molecule has 0 saturated carbocycles. The lowest BCUT2D eigenvalue weighted by atomic mass is 10.2. The van der Waals surface area contributed by atoms with E-state index in [0.29, 0.717) is 19.6 Å². The fourth-order valence-corrected chi connectivity index (χ4v) is 2.76. The first kappa shape index (κ1) is 21.6. The van der Waals surface area contributed by atoms with E-state index < -0.39 is 5.60 Å². The van der Waals surface area contributed by atoms with Crippen LogP contribution in [0.5, 0.6) is 0 Å². The van der Waals surface area contributed by atoms with Crippen LogP contribution in [0.2, 0.25) is 0 Å². The number of rotatable bonds is 7. The zero-order valence-electron chi connectivity index (χ0n) is 17.4. The van der Waals surface area contributed by atoms with Gasteiger partial charge in [-0.1, -0.05) is 24.3 Å². The fourth-order valence-electron chi connectivity index (χ4n) is 2.76. The molecule has 154 valence electrons. The lowest BCUT2D eigenvalue weighted by molar-refractivity contribution is 0.0527. The van der Waals surface area contributed by atoms with E-state index in [-0.39, 0.29) is 6.09 Å². The third-order valence-electron chi connectivity index (χ3n) is 4.09. The van der Waals surface area contributed by atoms with Crippen LogP contribution in [0.1, 0.15) is 32.8 Å². The van der Waals surface area contributed by atoms with Gasteiger partial charge in [-0.15, -0.1) is 0 Å². The molecule has 0 spiro atoms. The number of alkyl carbamates (subject to hydrolysis) is 1. The lowest BCUT2D eigenvalue weighted by Gasteiger charge is -2.20.